The molecule has 6 heteroatoms. The first-order valence-corrected chi connectivity index (χ1v) is 8.68. The molecule has 2 amide bonds. The van der Waals surface area contributed by atoms with Crippen molar-refractivity contribution in [2.24, 2.45) is 5.73 Å². The third-order valence-corrected chi connectivity index (χ3v) is 3.93. The number of carbonyl (C=O) groups is 2. The standard InChI is InChI=1S/C19H26N2O4/c1-2-12-24-17-4-3-11-21(13-17)19(23)10-7-15-5-8-16(9-6-15)25-14-18(20)22/h5-10,17H,2-4,11-14H2,1H3,(H2,20,22)/b10-7+. The third kappa shape index (κ3) is 6.58. The molecule has 0 saturated carbocycles. The molecule has 1 heterocycles. The molecule has 136 valence electrons. The molecule has 0 spiro atoms. The molecule has 0 radical (unpaired) electrons. The lowest BCUT2D eigenvalue weighted by atomic mass is 10.1. The Bertz CT molecular complexity index is 598. The number of rotatable bonds is 8. The highest BCUT2D eigenvalue weighted by molar-refractivity contribution is 5.91. The SMILES string of the molecule is CCCOC1CCCN(C(=O)/C=C/c2ccc(OCC(N)=O)cc2)C1. The molecule has 1 aromatic carbocycles. The Morgan fingerprint density at radius 2 is 2.08 bits per heavy atom. The largest absolute Gasteiger partial charge is 0.484 e. The van der Waals surface area contributed by atoms with Gasteiger partial charge in [-0.25, -0.2) is 0 Å². The first-order chi connectivity index (χ1) is 12.1. The second kappa shape index (κ2) is 9.84. The lowest BCUT2D eigenvalue weighted by Crippen LogP contribution is -2.42. The number of nitrogens with two attached hydrogens (primary N) is 1. The molecule has 25 heavy (non-hydrogen) atoms. The Hall–Kier alpha value is -2.34. The molecule has 6 nitrogen and oxygen atoms in total. The van der Waals surface area contributed by atoms with Crippen molar-refractivity contribution in [1.82, 2.24) is 4.90 Å². The number of primary amides is 1. The molecule has 0 aromatic heterocycles. The summed E-state index contributed by atoms with van der Waals surface area (Å²) in [5.41, 5.74) is 5.92. The maximum atomic E-state index is 12.3. The van der Waals surface area contributed by atoms with Gasteiger partial charge in [0.2, 0.25) is 5.91 Å². The minimum Gasteiger partial charge on any atom is -0.484 e. The Kier molecular flexibility index (Phi) is 7.47. The van der Waals surface area contributed by atoms with E-state index >= 15 is 0 Å². The van der Waals surface area contributed by atoms with Crippen LogP contribution in [-0.2, 0) is 14.3 Å². The lowest BCUT2D eigenvalue weighted by molar-refractivity contribution is -0.130. The van der Waals surface area contributed by atoms with E-state index in [1.54, 1.807) is 24.3 Å². The highest BCUT2D eigenvalue weighted by Crippen LogP contribution is 2.16. The zero-order chi connectivity index (χ0) is 18.1. The normalized spacial score (nSPS) is 17.6. The number of likely N-dealkylation sites (tertiary alicyclic amines) is 1. The van der Waals surface area contributed by atoms with E-state index in [2.05, 4.69) is 6.92 Å². The van der Waals surface area contributed by atoms with Gasteiger partial charge >= 0.3 is 0 Å². The van der Waals surface area contributed by atoms with Crippen molar-refractivity contribution in [1.29, 1.82) is 0 Å². The van der Waals surface area contributed by atoms with Gasteiger partial charge in [0.1, 0.15) is 5.75 Å². The first kappa shape index (κ1) is 19.0. The fraction of sp³-hybridized carbons (Fsp3) is 0.474. The van der Waals surface area contributed by atoms with Crippen LogP contribution in [0.4, 0.5) is 0 Å². The summed E-state index contributed by atoms with van der Waals surface area (Å²) in [5, 5.41) is 0. The Balaban J connectivity index is 1.85. The summed E-state index contributed by atoms with van der Waals surface area (Å²) in [5.74, 6) is 0.0467. The van der Waals surface area contributed by atoms with Gasteiger partial charge < -0.3 is 20.1 Å². The Labute approximate surface area is 148 Å². The van der Waals surface area contributed by atoms with Crippen molar-refractivity contribution >= 4 is 17.9 Å². The number of nitrogens with zero attached hydrogens (tertiary/aromatic N) is 1. The van der Waals surface area contributed by atoms with Gasteiger partial charge in [-0.3, -0.25) is 9.59 Å². The molecular formula is C19H26N2O4. The Morgan fingerprint density at radius 3 is 2.76 bits per heavy atom. The van der Waals surface area contributed by atoms with E-state index in [0.717, 1.165) is 38.0 Å². The average molecular weight is 346 g/mol. The van der Waals surface area contributed by atoms with E-state index in [0.29, 0.717) is 12.3 Å². The van der Waals surface area contributed by atoms with E-state index < -0.39 is 5.91 Å². The summed E-state index contributed by atoms with van der Waals surface area (Å²) in [4.78, 5) is 24.9. The van der Waals surface area contributed by atoms with Crippen molar-refractivity contribution < 1.29 is 19.1 Å². The van der Waals surface area contributed by atoms with Crippen LogP contribution in [0.2, 0.25) is 0 Å². The Morgan fingerprint density at radius 1 is 1.32 bits per heavy atom. The number of piperidine rings is 1. The molecule has 1 aliphatic heterocycles. The van der Waals surface area contributed by atoms with Gasteiger partial charge in [0.25, 0.3) is 5.91 Å². The molecule has 0 bridgehead atoms. The highest BCUT2D eigenvalue weighted by atomic mass is 16.5. The number of amides is 2. The van der Waals surface area contributed by atoms with E-state index in [1.165, 1.54) is 0 Å². The lowest BCUT2D eigenvalue weighted by Gasteiger charge is -2.32. The van der Waals surface area contributed by atoms with Gasteiger partial charge in [0, 0.05) is 25.8 Å². The van der Waals surface area contributed by atoms with Gasteiger partial charge in [-0.15, -0.1) is 0 Å². The van der Waals surface area contributed by atoms with E-state index in [9.17, 15) is 9.59 Å². The molecule has 1 aliphatic rings. The van der Waals surface area contributed by atoms with Crippen LogP contribution in [-0.4, -0.2) is 49.1 Å². The van der Waals surface area contributed by atoms with Gasteiger partial charge in [-0.1, -0.05) is 19.1 Å². The van der Waals surface area contributed by atoms with Crippen LogP contribution in [0.15, 0.2) is 30.3 Å². The molecule has 1 aromatic rings. The second-order valence-electron chi connectivity index (χ2n) is 6.08. The summed E-state index contributed by atoms with van der Waals surface area (Å²) in [6.07, 6.45) is 6.48. The second-order valence-corrected chi connectivity index (χ2v) is 6.08. The number of carbonyl (C=O) groups excluding carboxylic acids is 2. The average Bonchev–Trinajstić information content (AvgIpc) is 2.63. The van der Waals surface area contributed by atoms with Gasteiger partial charge in [0.05, 0.1) is 6.10 Å². The number of ether oxygens (including phenoxy) is 2. The number of hydrogen-bond donors (Lipinski definition) is 1. The van der Waals surface area contributed by atoms with Crippen LogP contribution in [0.25, 0.3) is 6.08 Å². The quantitative estimate of drug-likeness (QED) is 0.730. The summed E-state index contributed by atoms with van der Waals surface area (Å²) in [7, 11) is 0. The van der Waals surface area contributed by atoms with Crippen molar-refractivity contribution in [2.45, 2.75) is 32.3 Å². The maximum absolute atomic E-state index is 12.3. The fourth-order valence-electron chi connectivity index (χ4n) is 2.66. The van der Waals surface area contributed by atoms with Crippen LogP contribution in [0.3, 0.4) is 0 Å². The maximum Gasteiger partial charge on any atom is 0.255 e. The van der Waals surface area contributed by atoms with E-state index in [1.807, 2.05) is 17.0 Å². The van der Waals surface area contributed by atoms with E-state index in [-0.39, 0.29) is 18.6 Å². The monoisotopic (exact) mass is 346 g/mol. The predicted octanol–water partition coefficient (Wildman–Crippen LogP) is 1.98. The van der Waals surface area contributed by atoms with Crippen molar-refractivity contribution in [3.63, 3.8) is 0 Å². The molecule has 1 atom stereocenters. The van der Waals surface area contributed by atoms with Gasteiger partial charge in [0.15, 0.2) is 6.61 Å². The minimum absolute atomic E-state index is 0.00106. The van der Waals surface area contributed by atoms with Crippen molar-refractivity contribution in [2.75, 3.05) is 26.3 Å². The molecule has 1 saturated heterocycles. The highest BCUT2D eigenvalue weighted by Gasteiger charge is 2.22. The van der Waals surface area contributed by atoms with Crippen LogP contribution in [0.1, 0.15) is 31.7 Å². The topological polar surface area (TPSA) is 81.9 Å². The van der Waals surface area contributed by atoms with Gasteiger partial charge in [-0.2, -0.15) is 0 Å². The summed E-state index contributed by atoms with van der Waals surface area (Å²) in [6, 6.07) is 7.12. The van der Waals surface area contributed by atoms with E-state index in [4.69, 9.17) is 15.2 Å². The molecule has 1 fully saturated rings. The predicted molar refractivity (Wildman–Crippen MR) is 96.0 cm³/mol. The zero-order valence-corrected chi connectivity index (χ0v) is 14.6. The molecule has 1 unspecified atom stereocenters. The molecule has 2 N–H and O–H groups in total. The summed E-state index contributed by atoms with van der Waals surface area (Å²) < 4.78 is 11.0. The molecule has 2 rings (SSSR count). The van der Waals surface area contributed by atoms with Crippen LogP contribution in [0, 0.1) is 0 Å². The fourth-order valence-corrected chi connectivity index (χ4v) is 2.66. The number of benzene rings is 1. The summed E-state index contributed by atoms with van der Waals surface area (Å²) >= 11 is 0. The zero-order valence-electron chi connectivity index (χ0n) is 14.6. The summed E-state index contributed by atoms with van der Waals surface area (Å²) in [6.45, 7) is 4.10. The van der Waals surface area contributed by atoms with Crippen LogP contribution in [0.5, 0.6) is 5.75 Å². The smallest absolute Gasteiger partial charge is 0.255 e. The van der Waals surface area contributed by atoms with Crippen LogP contribution < -0.4 is 10.5 Å². The molecule has 0 aliphatic carbocycles. The van der Waals surface area contributed by atoms with Crippen molar-refractivity contribution in [3.8, 4) is 5.75 Å². The number of hydrogen-bond acceptors (Lipinski definition) is 4. The minimum atomic E-state index is -0.516. The third-order valence-electron chi connectivity index (χ3n) is 3.93. The molecular weight excluding hydrogens is 320 g/mol. The van der Waals surface area contributed by atoms with Crippen molar-refractivity contribution in [3.05, 3.63) is 35.9 Å². The van der Waals surface area contributed by atoms with Gasteiger partial charge in [-0.05, 0) is 43.0 Å². The first-order valence-electron chi connectivity index (χ1n) is 8.68. The van der Waals surface area contributed by atoms with Crippen LogP contribution >= 0.6 is 0 Å².